The summed E-state index contributed by atoms with van der Waals surface area (Å²) in [6, 6.07) is 2.30. The minimum atomic E-state index is -0.439. The van der Waals surface area contributed by atoms with Gasteiger partial charge in [-0.3, -0.25) is 4.79 Å². The van der Waals surface area contributed by atoms with Crippen LogP contribution in [0.4, 0.5) is 5.00 Å². The van der Waals surface area contributed by atoms with Gasteiger partial charge in [-0.1, -0.05) is 33.6 Å². The van der Waals surface area contributed by atoms with Crippen molar-refractivity contribution in [1.29, 1.82) is 5.26 Å². The highest BCUT2D eigenvalue weighted by atomic mass is 32.1. The Morgan fingerprint density at radius 3 is 2.45 bits per heavy atom. The second kappa shape index (κ2) is 5.97. The van der Waals surface area contributed by atoms with Crippen molar-refractivity contribution in [2.75, 3.05) is 5.32 Å². The normalized spacial score (nSPS) is 15.7. The number of aryl methyl sites for hydroxylation is 1. The fourth-order valence-electron chi connectivity index (χ4n) is 2.42. The lowest BCUT2D eigenvalue weighted by Crippen LogP contribution is -2.27. The summed E-state index contributed by atoms with van der Waals surface area (Å²) in [6.07, 6.45) is 6.85. The molecule has 3 nitrogen and oxygen atoms in total. The van der Waals surface area contributed by atoms with Crippen LogP contribution in [0.5, 0.6) is 0 Å². The summed E-state index contributed by atoms with van der Waals surface area (Å²) < 4.78 is 0. The van der Waals surface area contributed by atoms with Crippen molar-refractivity contribution in [3.63, 3.8) is 0 Å². The third-order valence-corrected chi connectivity index (χ3v) is 4.90. The van der Waals surface area contributed by atoms with Crippen LogP contribution in [0.3, 0.4) is 0 Å². The predicted molar refractivity (Wildman–Crippen MR) is 83.0 cm³/mol. The molecule has 1 aromatic rings. The van der Waals surface area contributed by atoms with Crippen LogP contribution in [0.25, 0.3) is 0 Å². The molecule has 0 radical (unpaired) electrons. The van der Waals surface area contributed by atoms with Gasteiger partial charge in [-0.25, -0.2) is 0 Å². The van der Waals surface area contributed by atoms with E-state index < -0.39 is 5.41 Å². The number of hydrogen-bond donors (Lipinski definition) is 1. The molecule has 20 heavy (non-hydrogen) atoms. The monoisotopic (exact) mass is 290 g/mol. The first kappa shape index (κ1) is 15.1. The molecule has 0 atom stereocenters. The quantitative estimate of drug-likeness (QED) is 0.840. The first-order valence-corrected chi connectivity index (χ1v) is 8.11. The Morgan fingerprint density at radius 1 is 1.20 bits per heavy atom. The Kier molecular flexibility index (Phi) is 4.49. The highest BCUT2D eigenvalue weighted by molar-refractivity contribution is 7.16. The Morgan fingerprint density at radius 2 is 1.85 bits per heavy atom. The molecule has 1 aliphatic carbocycles. The van der Waals surface area contributed by atoms with Crippen molar-refractivity contribution < 1.29 is 4.79 Å². The Hall–Kier alpha value is -1.34. The molecule has 0 bridgehead atoms. The maximum atomic E-state index is 12.1. The number of hydrogen-bond acceptors (Lipinski definition) is 3. The first-order valence-electron chi connectivity index (χ1n) is 7.29. The lowest BCUT2D eigenvalue weighted by Gasteiger charge is -2.16. The van der Waals surface area contributed by atoms with E-state index in [0.29, 0.717) is 5.56 Å². The number of anilines is 1. The smallest absolute Gasteiger partial charge is 0.230 e. The zero-order valence-corrected chi connectivity index (χ0v) is 13.3. The molecule has 2 rings (SSSR count). The van der Waals surface area contributed by atoms with Gasteiger partial charge in [0.05, 0.1) is 5.56 Å². The molecule has 4 heteroatoms. The first-order chi connectivity index (χ1) is 9.43. The lowest BCUT2D eigenvalue weighted by molar-refractivity contribution is -0.123. The number of nitrogens with zero attached hydrogens (tertiary/aromatic N) is 1. The molecule has 0 aliphatic heterocycles. The van der Waals surface area contributed by atoms with Crippen molar-refractivity contribution in [3.05, 3.63) is 16.0 Å². The van der Waals surface area contributed by atoms with E-state index in [9.17, 15) is 10.1 Å². The number of nitriles is 1. The van der Waals surface area contributed by atoms with Crippen molar-refractivity contribution in [3.8, 4) is 6.07 Å². The Bertz CT molecular complexity index is 546. The predicted octanol–water partition coefficient (Wildman–Crippen LogP) is 4.26. The summed E-state index contributed by atoms with van der Waals surface area (Å²) in [5.74, 6) is -0.0248. The third-order valence-electron chi connectivity index (χ3n) is 3.69. The van der Waals surface area contributed by atoms with Gasteiger partial charge in [0, 0.05) is 10.3 Å². The van der Waals surface area contributed by atoms with E-state index in [0.717, 1.165) is 24.3 Å². The van der Waals surface area contributed by atoms with Crippen LogP contribution >= 0.6 is 11.3 Å². The van der Waals surface area contributed by atoms with E-state index >= 15 is 0 Å². The molecule has 1 aromatic heterocycles. The SMILES string of the molecule is CC(C)(C)C(=O)Nc1sc2c(c1C#N)CCCCCC2. The standard InChI is InChI=1S/C16H22N2OS/c1-16(2,3)15(19)18-14-12(10-17)11-8-6-4-5-7-9-13(11)20-14/h4-9H2,1-3H3,(H,18,19). The van der Waals surface area contributed by atoms with E-state index in [1.54, 1.807) is 11.3 Å². The molecule has 1 N–H and O–H groups in total. The topological polar surface area (TPSA) is 52.9 Å². The van der Waals surface area contributed by atoms with Gasteiger partial charge in [0.15, 0.2) is 0 Å². The molecular formula is C16H22N2OS. The molecule has 0 aromatic carbocycles. The van der Waals surface area contributed by atoms with Gasteiger partial charge in [0.25, 0.3) is 0 Å². The molecule has 0 saturated heterocycles. The summed E-state index contributed by atoms with van der Waals surface area (Å²) in [5, 5.41) is 13.2. The number of carbonyl (C=O) groups is 1. The number of thiophene rings is 1. The van der Waals surface area contributed by atoms with E-state index in [-0.39, 0.29) is 5.91 Å². The van der Waals surface area contributed by atoms with E-state index in [1.807, 2.05) is 20.8 Å². The zero-order chi connectivity index (χ0) is 14.8. The van der Waals surface area contributed by atoms with Crippen LogP contribution in [0.2, 0.25) is 0 Å². The number of fused-ring (bicyclic) bond motifs is 1. The Balaban J connectivity index is 2.32. The number of rotatable bonds is 1. The molecule has 1 heterocycles. The summed E-state index contributed by atoms with van der Waals surface area (Å²) in [7, 11) is 0. The maximum absolute atomic E-state index is 12.1. The van der Waals surface area contributed by atoms with Crippen molar-refractivity contribution in [1.82, 2.24) is 0 Å². The van der Waals surface area contributed by atoms with Gasteiger partial charge < -0.3 is 5.32 Å². The molecule has 0 fully saturated rings. The summed E-state index contributed by atoms with van der Waals surface area (Å²) >= 11 is 1.60. The molecule has 0 saturated carbocycles. The molecule has 108 valence electrons. The second-order valence-corrected chi connectivity index (χ2v) is 7.54. The Labute approximate surface area is 125 Å². The van der Waals surface area contributed by atoms with Crippen LogP contribution < -0.4 is 5.32 Å². The zero-order valence-electron chi connectivity index (χ0n) is 12.5. The molecule has 0 spiro atoms. The number of carbonyl (C=O) groups excluding carboxylic acids is 1. The largest absolute Gasteiger partial charge is 0.316 e. The average Bonchev–Trinajstić information content (AvgIpc) is 2.64. The van der Waals surface area contributed by atoms with Gasteiger partial charge >= 0.3 is 0 Å². The van der Waals surface area contributed by atoms with Crippen molar-refractivity contribution >= 4 is 22.2 Å². The number of nitrogens with one attached hydrogen (secondary N) is 1. The van der Waals surface area contributed by atoms with Crippen LogP contribution in [-0.4, -0.2) is 5.91 Å². The molecule has 1 amide bonds. The molecule has 0 unspecified atom stereocenters. The van der Waals surface area contributed by atoms with Crippen LogP contribution in [0, 0.1) is 16.7 Å². The van der Waals surface area contributed by atoms with Crippen molar-refractivity contribution in [2.45, 2.75) is 59.3 Å². The fraction of sp³-hybridized carbons (Fsp3) is 0.625. The molecular weight excluding hydrogens is 268 g/mol. The van der Waals surface area contributed by atoms with Gasteiger partial charge in [0.1, 0.15) is 11.1 Å². The van der Waals surface area contributed by atoms with Crippen LogP contribution in [0.15, 0.2) is 0 Å². The fourth-order valence-corrected chi connectivity index (χ4v) is 3.65. The van der Waals surface area contributed by atoms with Crippen LogP contribution in [0.1, 0.15) is 62.5 Å². The summed E-state index contributed by atoms with van der Waals surface area (Å²) in [4.78, 5) is 13.4. The average molecular weight is 290 g/mol. The van der Waals surface area contributed by atoms with E-state index in [4.69, 9.17) is 0 Å². The summed E-state index contributed by atoms with van der Waals surface area (Å²) in [5.41, 5.74) is 1.44. The summed E-state index contributed by atoms with van der Waals surface area (Å²) in [6.45, 7) is 5.66. The van der Waals surface area contributed by atoms with Crippen LogP contribution in [-0.2, 0) is 17.6 Å². The van der Waals surface area contributed by atoms with Gasteiger partial charge in [-0.15, -0.1) is 11.3 Å². The third kappa shape index (κ3) is 3.21. The highest BCUT2D eigenvalue weighted by Crippen LogP contribution is 2.37. The second-order valence-electron chi connectivity index (χ2n) is 6.44. The van der Waals surface area contributed by atoms with Gasteiger partial charge in [-0.05, 0) is 31.2 Å². The lowest BCUT2D eigenvalue weighted by atomic mass is 9.95. The van der Waals surface area contributed by atoms with Crippen molar-refractivity contribution in [2.24, 2.45) is 5.41 Å². The molecule has 1 aliphatic rings. The maximum Gasteiger partial charge on any atom is 0.230 e. The van der Waals surface area contributed by atoms with E-state index in [2.05, 4.69) is 11.4 Å². The van der Waals surface area contributed by atoms with Gasteiger partial charge in [0.2, 0.25) is 5.91 Å². The minimum absolute atomic E-state index is 0.0248. The highest BCUT2D eigenvalue weighted by Gasteiger charge is 2.25. The van der Waals surface area contributed by atoms with E-state index in [1.165, 1.54) is 29.7 Å². The minimum Gasteiger partial charge on any atom is -0.316 e. The number of amides is 1. The van der Waals surface area contributed by atoms with Gasteiger partial charge in [-0.2, -0.15) is 5.26 Å².